The van der Waals surface area contributed by atoms with Gasteiger partial charge in [-0.2, -0.15) is 0 Å². The molecule has 2 unspecified atom stereocenters. The van der Waals surface area contributed by atoms with E-state index < -0.39 is 55.4 Å². The number of aliphatic carboxylic acids is 1. The van der Waals surface area contributed by atoms with E-state index in [0.29, 0.717) is 0 Å². The molecule has 0 fully saturated rings. The zero-order valence-electron chi connectivity index (χ0n) is 11.3. The van der Waals surface area contributed by atoms with Crippen molar-refractivity contribution in [2.24, 2.45) is 0 Å². The van der Waals surface area contributed by atoms with E-state index >= 15 is 0 Å². The highest BCUT2D eigenvalue weighted by Gasteiger charge is 2.41. The SMILES string of the molecule is CC(=O)OC(C(=O)O)C(OC(C)=O)C(=O)OC(CO)CO. The Morgan fingerprint density at radius 1 is 0.857 bits per heavy atom. The number of aliphatic hydroxyl groups excluding tert-OH is 2. The average molecular weight is 308 g/mol. The number of carbonyl (C=O) groups is 4. The Balaban J connectivity index is 5.22. The summed E-state index contributed by atoms with van der Waals surface area (Å²) in [6.07, 6.45) is -5.51. The van der Waals surface area contributed by atoms with Crippen LogP contribution >= 0.6 is 0 Å². The Morgan fingerprint density at radius 2 is 1.29 bits per heavy atom. The molecule has 0 aromatic heterocycles. The second-order valence-electron chi connectivity index (χ2n) is 3.82. The van der Waals surface area contributed by atoms with Crippen LogP contribution < -0.4 is 0 Å². The predicted molar refractivity (Wildman–Crippen MR) is 62.8 cm³/mol. The highest BCUT2D eigenvalue weighted by Crippen LogP contribution is 2.10. The number of carboxylic acids is 1. The van der Waals surface area contributed by atoms with Crippen molar-refractivity contribution in [3.63, 3.8) is 0 Å². The molecule has 0 bridgehead atoms. The van der Waals surface area contributed by atoms with E-state index in [1.807, 2.05) is 0 Å². The molecule has 10 heteroatoms. The summed E-state index contributed by atoms with van der Waals surface area (Å²) >= 11 is 0. The Morgan fingerprint density at radius 3 is 1.62 bits per heavy atom. The molecule has 0 radical (unpaired) electrons. The standard InChI is InChI=1S/C11H16O10/c1-5(14)19-8(10(16)17)9(20-6(2)15)11(18)21-7(3-12)4-13/h7-9,12-13H,3-4H2,1-2H3,(H,16,17). The van der Waals surface area contributed by atoms with Gasteiger partial charge in [-0.25, -0.2) is 9.59 Å². The van der Waals surface area contributed by atoms with Gasteiger partial charge in [0.15, 0.2) is 0 Å². The van der Waals surface area contributed by atoms with Crippen LogP contribution in [0, 0.1) is 0 Å². The van der Waals surface area contributed by atoms with Crippen molar-refractivity contribution in [1.82, 2.24) is 0 Å². The summed E-state index contributed by atoms with van der Waals surface area (Å²) < 4.78 is 13.4. The third-order valence-electron chi connectivity index (χ3n) is 2.03. The lowest BCUT2D eigenvalue weighted by atomic mass is 10.2. The molecule has 10 nitrogen and oxygen atoms in total. The Hall–Kier alpha value is -2.20. The zero-order valence-corrected chi connectivity index (χ0v) is 11.3. The lowest BCUT2D eigenvalue weighted by Crippen LogP contribution is -2.47. The maximum Gasteiger partial charge on any atom is 0.352 e. The van der Waals surface area contributed by atoms with Crippen LogP contribution in [0.15, 0.2) is 0 Å². The molecule has 0 aromatic carbocycles. The van der Waals surface area contributed by atoms with Gasteiger partial charge in [0.05, 0.1) is 13.2 Å². The second kappa shape index (κ2) is 8.87. The molecule has 3 N–H and O–H groups in total. The molecular weight excluding hydrogens is 292 g/mol. The van der Waals surface area contributed by atoms with E-state index in [-0.39, 0.29) is 0 Å². The van der Waals surface area contributed by atoms with Crippen molar-refractivity contribution in [2.75, 3.05) is 13.2 Å². The van der Waals surface area contributed by atoms with E-state index in [9.17, 15) is 19.2 Å². The maximum atomic E-state index is 11.8. The summed E-state index contributed by atoms with van der Waals surface area (Å²) in [6, 6.07) is 0. The summed E-state index contributed by atoms with van der Waals surface area (Å²) in [5.41, 5.74) is 0. The van der Waals surface area contributed by atoms with E-state index in [2.05, 4.69) is 14.2 Å². The highest BCUT2D eigenvalue weighted by molar-refractivity contribution is 5.88. The first kappa shape index (κ1) is 18.8. The molecular formula is C11H16O10. The van der Waals surface area contributed by atoms with Gasteiger partial charge in [-0.05, 0) is 0 Å². The van der Waals surface area contributed by atoms with Crippen LogP contribution in [0.3, 0.4) is 0 Å². The molecule has 2 atom stereocenters. The normalized spacial score (nSPS) is 13.2. The fourth-order valence-electron chi connectivity index (χ4n) is 1.20. The van der Waals surface area contributed by atoms with E-state index in [1.165, 1.54) is 0 Å². The van der Waals surface area contributed by atoms with Crippen molar-refractivity contribution in [2.45, 2.75) is 32.2 Å². The number of esters is 3. The van der Waals surface area contributed by atoms with Gasteiger partial charge in [-0.15, -0.1) is 0 Å². The first-order chi connectivity index (χ1) is 9.72. The Kier molecular flexibility index (Phi) is 7.94. The minimum Gasteiger partial charge on any atom is -0.478 e. The summed E-state index contributed by atoms with van der Waals surface area (Å²) in [5, 5.41) is 26.5. The lowest BCUT2D eigenvalue weighted by molar-refractivity contribution is -0.192. The molecule has 0 rings (SSSR count). The van der Waals surface area contributed by atoms with Gasteiger partial charge in [-0.1, -0.05) is 0 Å². The fourth-order valence-corrected chi connectivity index (χ4v) is 1.20. The van der Waals surface area contributed by atoms with Crippen molar-refractivity contribution in [3.05, 3.63) is 0 Å². The van der Waals surface area contributed by atoms with Crippen molar-refractivity contribution < 1.29 is 48.7 Å². The third kappa shape index (κ3) is 6.68. The molecule has 0 aliphatic heterocycles. The second-order valence-corrected chi connectivity index (χ2v) is 3.82. The maximum absolute atomic E-state index is 11.8. The number of carbonyl (C=O) groups excluding carboxylic acids is 3. The van der Waals surface area contributed by atoms with Gasteiger partial charge in [0.2, 0.25) is 12.2 Å². The summed E-state index contributed by atoms with van der Waals surface area (Å²) in [4.78, 5) is 44.6. The smallest absolute Gasteiger partial charge is 0.352 e. The van der Waals surface area contributed by atoms with Crippen LogP contribution in [0.2, 0.25) is 0 Å². The van der Waals surface area contributed by atoms with Gasteiger partial charge in [0.1, 0.15) is 6.10 Å². The number of hydrogen-bond donors (Lipinski definition) is 3. The van der Waals surface area contributed by atoms with Gasteiger partial charge in [0, 0.05) is 13.8 Å². The van der Waals surface area contributed by atoms with Gasteiger partial charge >= 0.3 is 23.9 Å². The molecule has 0 aliphatic rings. The molecule has 0 aromatic rings. The number of hydrogen-bond acceptors (Lipinski definition) is 9. The van der Waals surface area contributed by atoms with Gasteiger partial charge in [-0.3, -0.25) is 9.59 Å². The monoisotopic (exact) mass is 308 g/mol. The Labute approximate surface area is 119 Å². The van der Waals surface area contributed by atoms with Gasteiger partial charge in [0.25, 0.3) is 0 Å². The Bertz CT molecular complexity index is 400. The summed E-state index contributed by atoms with van der Waals surface area (Å²) in [5.74, 6) is -5.15. The molecule has 0 amide bonds. The number of rotatable bonds is 8. The van der Waals surface area contributed by atoms with Gasteiger partial charge < -0.3 is 29.5 Å². The van der Waals surface area contributed by atoms with E-state index in [4.69, 9.17) is 15.3 Å². The van der Waals surface area contributed by atoms with Crippen LogP contribution in [-0.4, -0.2) is 70.7 Å². The predicted octanol–water partition coefficient (Wildman–Crippen LogP) is -2.17. The fraction of sp³-hybridized carbons (Fsp3) is 0.636. The van der Waals surface area contributed by atoms with Crippen molar-refractivity contribution in [3.8, 4) is 0 Å². The molecule has 0 saturated carbocycles. The molecule has 21 heavy (non-hydrogen) atoms. The topological polar surface area (TPSA) is 157 Å². The van der Waals surface area contributed by atoms with Crippen LogP contribution in [-0.2, 0) is 33.4 Å². The summed E-state index contributed by atoms with van der Waals surface area (Å²) in [6.45, 7) is 0.333. The quantitative estimate of drug-likeness (QED) is 0.333. The third-order valence-corrected chi connectivity index (χ3v) is 2.03. The number of carboxylic acid groups (broad SMARTS) is 1. The average Bonchev–Trinajstić information content (AvgIpc) is 2.38. The zero-order chi connectivity index (χ0) is 16.6. The minimum atomic E-state index is -2.11. The largest absolute Gasteiger partial charge is 0.478 e. The lowest BCUT2D eigenvalue weighted by Gasteiger charge is -2.23. The van der Waals surface area contributed by atoms with Crippen LogP contribution in [0.5, 0.6) is 0 Å². The van der Waals surface area contributed by atoms with Crippen molar-refractivity contribution in [1.29, 1.82) is 0 Å². The first-order valence-corrected chi connectivity index (χ1v) is 5.72. The molecule has 0 aliphatic carbocycles. The van der Waals surface area contributed by atoms with E-state index in [0.717, 1.165) is 13.8 Å². The minimum absolute atomic E-state index is 0.736. The molecule has 0 spiro atoms. The van der Waals surface area contributed by atoms with Crippen molar-refractivity contribution >= 4 is 23.9 Å². The van der Waals surface area contributed by atoms with Crippen LogP contribution in [0.1, 0.15) is 13.8 Å². The molecule has 120 valence electrons. The van der Waals surface area contributed by atoms with Crippen LogP contribution in [0.25, 0.3) is 0 Å². The number of ether oxygens (including phenoxy) is 3. The van der Waals surface area contributed by atoms with Crippen LogP contribution in [0.4, 0.5) is 0 Å². The summed E-state index contributed by atoms with van der Waals surface area (Å²) in [7, 11) is 0. The highest BCUT2D eigenvalue weighted by atomic mass is 16.6. The molecule has 0 heterocycles. The van der Waals surface area contributed by atoms with E-state index in [1.54, 1.807) is 0 Å². The first-order valence-electron chi connectivity index (χ1n) is 5.72. The number of aliphatic hydroxyl groups is 2. The molecule has 0 saturated heterocycles.